The Labute approximate surface area is 82.9 Å². The van der Waals surface area contributed by atoms with E-state index in [9.17, 15) is 0 Å². The monoisotopic (exact) mass is 184 g/mol. The van der Waals surface area contributed by atoms with Gasteiger partial charge in [-0.1, -0.05) is 13.3 Å². The van der Waals surface area contributed by atoms with E-state index in [1.54, 1.807) is 0 Å². The van der Waals surface area contributed by atoms with Crippen LogP contribution in [0.4, 0.5) is 0 Å². The molecule has 1 atom stereocenters. The predicted molar refractivity (Wildman–Crippen MR) is 58.1 cm³/mol. The SMILES string of the molecule is CCCN1CCCCC1CN(C)C. The third-order valence-corrected chi connectivity index (χ3v) is 2.84. The highest BCUT2D eigenvalue weighted by molar-refractivity contribution is 4.78. The van der Waals surface area contributed by atoms with E-state index in [1.807, 2.05) is 0 Å². The van der Waals surface area contributed by atoms with Gasteiger partial charge in [0.1, 0.15) is 0 Å². The molecule has 0 amide bonds. The maximum absolute atomic E-state index is 2.67. The van der Waals surface area contributed by atoms with Crippen molar-refractivity contribution in [3.8, 4) is 0 Å². The number of nitrogens with zero attached hydrogens (tertiary/aromatic N) is 2. The van der Waals surface area contributed by atoms with Crippen molar-refractivity contribution in [1.82, 2.24) is 9.80 Å². The maximum atomic E-state index is 2.67. The summed E-state index contributed by atoms with van der Waals surface area (Å²) in [5, 5.41) is 0. The van der Waals surface area contributed by atoms with Gasteiger partial charge < -0.3 is 4.90 Å². The molecule has 0 spiro atoms. The first kappa shape index (κ1) is 11.0. The molecule has 0 aliphatic carbocycles. The second-order valence-corrected chi connectivity index (χ2v) is 4.45. The summed E-state index contributed by atoms with van der Waals surface area (Å²) in [5.41, 5.74) is 0. The molecular weight excluding hydrogens is 160 g/mol. The summed E-state index contributed by atoms with van der Waals surface area (Å²) in [7, 11) is 4.36. The van der Waals surface area contributed by atoms with Crippen LogP contribution >= 0.6 is 0 Å². The van der Waals surface area contributed by atoms with E-state index in [-0.39, 0.29) is 0 Å². The van der Waals surface area contributed by atoms with Crippen LogP contribution in [0.3, 0.4) is 0 Å². The zero-order chi connectivity index (χ0) is 9.68. The van der Waals surface area contributed by atoms with Gasteiger partial charge in [0.15, 0.2) is 0 Å². The van der Waals surface area contributed by atoms with Crippen molar-refractivity contribution in [2.45, 2.75) is 38.6 Å². The molecule has 1 heterocycles. The minimum absolute atomic E-state index is 0.823. The lowest BCUT2D eigenvalue weighted by atomic mass is 10.0. The fourth-order valence-corrected chi connectivity index (χ4v) is 2.27. The Balaban J connectivity index is 2.36. The van der Waals surface area contributed by atoms with Gasteiger partial charge in [-0.3, -0.25) is 4.90 Å². The topological polar surface area (TPSA) is 6.48 Å². The van der Waals surface area contributed by atoms with Gasteiger partial charge in [0.05, 0.1) is 0 Å². The molecule has 0 bridgehead atoms. The fraction of sp³-hybridized carbons (Fsp3) is 1.00. The van der Waals surface area contributed by atoms with E-state index in [0.29, 0.717) is 0 Å². The first-order chi connectivity index (χ1) is 6.24. The summed E-state index contributed by atoms with van der Waals surface area (Å²) in [5.74, 6) is 0. The summed E-state index contributed by atoms with van der Waals surface area (Å²) in [6.45, 7) is 6.13. The molecule has 1 aliphatic heterocycles. The predicted octanol–water partition coefficient (Wildman–Crippen LogP) is 1.81. The second-order valence-electron chi connectivity index (χ2n) is 4.45. The van der Waals surface area contributed by atoms with Crippen molar-refractivity contribution < 1.29 is 0 Å². The Hall–Kier alpha value is -0.0800. The molecule has 13 heavy (non-hydrogen) atoms. The maximum Gasteiger partial charge on any atom is 0.0222 e. The molecule has 1 aliphatic rings. The van der Waals surface area contributed by atoms with E-state index in [2.05, 4.69) is 30.8 Å². The Kier molecular flexibility index (Phi) is 4.74. The third kappa shape index (κ3) is 3.65. The highest BCUT2D eigenvalue weighted by Crippen LogP contribution is 2.17. The summed E-state index contributed by atoms with van der Waals surface area (Å²) in [6.07, 6.45) is 5.53. The number of likely N-dealkylation sites (N-methyl/N-ethyl adjacent to an activating group) is 1. The zero-order valence-electron chi connectivity index (χ0n) is 9.42. The van der Waals surface area contributed by atoms with E-state index in [1.165, 1.54) is 45.3 Å². The quantitative estimate of drug-likeness (QED) is 0.657. The van der Waals surface area contributed by atoms with Crippen LogP contribution in [0.2, 0.25) is 0 Å². The Morgan fingerprint density at radius 2 is 2.08 bits per heavy atom. The number of hydrogen-bond acceptors (Lipinski definition) is 2. The Morgan fingerprint density at radius 3 is 2.69 bits per heavy atom. The molecule has 0 aromatic rings. The molecule has 1 fully saturated rings. The van der Waals surface area contributed by atoms with E-state index in [4.69, 9.17) is 0 Å². The molecule has 1 rings (SSSR count). The van der Waals surface area contributed by atoms with Gasteiger partial charge in [-0.15, -0.1) is 0 Å². The number of rotatable bonds is 4. The van der Waals surface area contributed by atoms with Crippen LogP contribution in [0.1, 0.15) is 32.6 Å². The van der Waals surface area contributed by atoms with Gasteiger partial charge in [0, 0.05) is 12.6 Å². The van der Waals surface area contributed by atoms with Crippen molar-refractivity contribution in [3.63, 3.8) is 0 Å². The minimum Gasteiger partial charge on any atom is -0.308 e. The van der Waals surface area contributed by atoms with Crippen molar-refractivity contribution >= 4 is 0 Å². The van der Waals surface area contributed by atoms with Crippen LogP contribution in [0.25, 0.3) is 0 Å². The van der Waals surface area contributed by atoms with Crippen molar-refractivity contribution in [2.24, 2.45) is 0 Å². The zero-order valence-corrected chi connectivity index (χ0v) is 9.42. The third-order valence-electron chi connectivity index (χ3n) is 2.84. The highest BCUT2D eigenvalue weighted by Gasteiger charge is 2.21. The van der Waals surface area contributed by atoms with Crippen molar-refractivity contribution in [1.29, 1.82) is 0 Å². The van der Waals surface area contributed by atoms with E-state index < -0.39 is 0 Å². The molecule has 1 unspecified atom stereocenters. The molecule has 2 heteroatoms. The van der Waals surface area contributed by atoms with Gasteiger partial charge in [0.25, 0.3) is 0 Å². The largest absolute Gasteiger partial charge is 0.308 e. The minimum atomic E-state index is 0.823. The van der Waals surface area contributed by atoms with Crippen LogP contribution in [-0.2, 0) is 0 Å². The second kappa shape index (κ2) is 5.61. The number of piperidine rings is 1. The van der Waals surface area contributed by atoms with E-state index in [0.717, 1.165) is 6.04 Å². The van der Waals surface area contributed by atoms with Gasteiger partial charge in [0.2, 0.25) is 0 Å². The molecule has 0 aromatic carbocycles. The molecular formula is C11H24N2. The summed E-state index contributed by atoms with van der Waals surface area (Å²) < 4.78 is 0. The summed E-state index contributed by atoms with van der Waals surface area (Å²) in [4.78, 5) is 4.99. The number of hydrogen-bond donors (Lipinski definition) is 0. The van der Waals surface area contributed by atoms with Gasteiger partial charge in [-0.2, -0.15) is 0 Å². The lowest BCUT2D eigenvalue weighted by Crippen LogP contribution is -2.45. The van der Waals surface area contributed by atoms with Gasteiger partial charge in [-0.05, 0) is 46.4 Å². The smallest absolute Gasteiger partial charge is 0.0222 e. The number of likely N-dealkylation sites (tertiary alicyclic amines) is 1. The van der Waals surface area contributed by atoms with Crippen LogP contribution in [0.15, 0.2) is 0 Å². The van der Waals surface area contributed by atoms with Crippen LogP contribution in [0, 0.1) is 0 Å². The van der Waals surface area contributed by atoms with Gasteiger partial charge >= 0.3 is 0 Å². The molecule has 0 saturated carbocycles. The first-order valence-electron chi connectivity index (χ1n) is 5.62. The van der Waals surface area contributed by atoms with Crippen molar-refractivity contribution in [3.05, 3.63) is 0 Å². The average Bonchev–Trinajstić information content (AvgIpc) is 2.08. The van der Waals surface area contributed by atoms with E-state index >= 15 is 0 Å². The van der Waals surface area contributed by atoms with Crippen LogP contribution < -0.4 is 0 Å². The van der Waals surface area contributed by atoms with Gasteiger partial charge in [-0.25, -0.2) is 0 Å². The molecule has 0 radical (unpaired) electrons. The Bertz CT molecular complexity index is 132. The lowest BCUT2D eigenvalue weighted by molar-refractivity contribution is 0.122. The van der Waals surface area contributed by atoms with Crippen molar-refractivity contribution in [2.75, 3.05) is 33.7 Å². The average molecular weight is 184 g/mol. The fourth-order valence-electron chi connectivity index (χ4n) is 2.27. The summed E-state index contributed by atoms with van der Waals surface area (Å²) in [6, 6.07) is 0.823. The molecule has 0 N–H and O–H groups in total. The highest BCUT2D eigenvalue weighted by atomic mass is 15.2. The molecule has 1 saturated heterocycles. The lowest BCUT2D eigenvalue weighted by Gasteiger charge is -2.37. The molecule has 78 valence electrons. The molecule has 0 aromatic heterocycles. The first-order valence-corrected chi connectivity index (χ1v) is 5.62. The Morgan fingerprint density at radius 1 is 1.31 bits per heavy atom. The molecule has 2 nitrogen and oxygen atoms in total. The summed E-state index contributed by atoms with van der Waals surface area (Å²) >= 11 is 0. The standard InChI is InChI=1S/C11H24N2/c1-4-8-13-9-6-5-7-11(13)10-12(2)3/h11H,4-10H2,1-3H3. The van der Waals surface area contributed by atoms with Crippen LogP contribution in [0.5, 0.6) is 0 Å². The van der Waals surface area contributed by atoms with Crippen LogP contribution in [-0.4, -0.2) is 49.6 Å². The normalized spacial score (nSPS) is 25.4.